The normalized spacial score (nSPS) is 24.1. The largest absolute Gasteiger partial charge is 0.496 e. The molecule has 0 amide bonds. The molecule has 0 saturated carbocycles. The zero-order valence-corrected chi connectivity index (χ0v) is 8.91. The van der Waals surface area contributed by atoms with Gasteiger partial charge >= 0.3 is 0 Å². The Hall–Kier alpha value is -2.27. The third-order valence-corrected chi connectivity index (χ3v) is 1.72. The first-order chi connectivity index (χ1) is 7.93. The summed E-state index contributed by atoms with van der Waals surface area (Å²) in [6, 6.07) is 2.04. The average Bonchev–Trinajstić information content (AvgIpc) is 2.32. The van der Waals surface area contributed by atoms with Crippen molar-refractivity contribution in [3.05, 3.63) is 72.6 Å². The first kappa shape index (κ1) is 11.8. The van der Waals surface area contributed by atoms with Crippen LogP contribution in [0.3, 0.4) is 0 Å². The first-order valence-electron chi connectivity index (χ1n) is 4.98. The van der Waals surface area contributed by atoms with E-state index in [-0.39, 0.29) is 0 Å². The fourth-order valence-electron chi connectivity index (χ4n) is 0.975. The molecule has 0 saturated heterocycles. The molecule has 0 unspecified atom stereocenters. The van der Waals surface area contributed by atoms with Crippen LogP contribution in [0.4, 0.5) is 0 Å². The van der Waals surface area contributed by atoms with Crippen LogP contribution in [0.5, 0.6) is 0 Å². The van der Waals surface area contributed by atoms with Crippen molar-refractivity contribution in [1.29, 1.82) is 5.26 Å². The van der Waals surface area contributed by atoms with Crippen LogP contribution in [-0.4, -0.2) is 6.61 Å². The minimum absolute atomic E-state index is 0.461. The lowest BCUT2D eigenvalue weighted by Crippen LogP contribution is -1.83. The molecule has 0 N–H and O–H groups in total. The minimum Gasteiger partial charge on any atom is -0.496 e. The van der Waals surface area contributed by atoms with E-state index in [4.69, 9.17) is 10.00 Å². The quantitative estimate of drug-likeness (QED) is 0.616. The molecular weight excluding hydrogens is 198 g/mol. The summed E-state index contributed by atoms with van der Waals surface area (Å²) in [7, 11) is 0. The maximum absolute atomic E-state index is 8.78. The smallest absolute Gasteiger partial charge is 0.106 e. The molecular formula is C14H13NO. The van der Waals surface area contributed by atoms with Crippen molar-refractivity contribution in [3.63, 3.8) is 0 Å². The Bertz CT molecular complexity index is 415. The second-order valence-corrected chi connectivity index (χ2v) is 2.96. The van der Waals surface area contributed by atoms with Crippen LogP contribution < -0.4 is 0 Å². The second kappa shape index (κ2) is 8.07. The number of rotatable bonds is 0. The van der Waals surface area contributed by atoms with Crippen LogP contribution in [0.1, 0.15) is 0 Å². The van der Waals surface area contributed by atoms with Crippen molar-refractivity contribution < 1.29 is 4.74 Å². The van der Waals surface area contributed by atoms with Crippen molar-refractivity contribution in [2.45, 2.75) is 0 Å². The molecule has 0 fully saturated rings. The van der Waals surface area contributed by atoms with Gasteiger partial charge in [-0.3, -0.25) is 0 Å². The van der Waals surface area contributed by atoms with Gasteiger partial charge in [-0.25, -0.2) is 0 Å². The van der Waals surface area contributed by atoms with Gasteiger partial charge in [0, 0.05) is 0 Å². The molecule has 0 spiro atoms. The summed E-state index contributed by atoms with van der Waals surface area (Å²) < 4.78 is 5.18. The summed E-state index contributed by atoms with van der Waals surface area (Å²) >= 11 is 0. The summed E-state index contributed by atoms with van der Waals surface area (Å²) in [6.45, 7) is 0.461. The molecule has 1 aliphatic rings. The van der Waals surface area contributed by atoms with Crippen LogP contribution >= 0.6 is 0 Å². The summed E-state index contributed by atoms with van der Waals surface area (Å²) in [6.07, 6.45) is 20.2. The molecule has 1 rings (SSSR count). The monoisotopic (exact) mass is 211 g/mol. The lowest BCUT2D eigenvalue weighted by Gasteiger charge is -1.94. The highest BCUT2D eigenvalue weighted by Crippen LogP contribution is 1.97. The van der Waals surface area contributed by atoms with E-state index in [1.165, 1.54) is 6.26 Å². The van der Waals surface area contributed by atoms with E-state index in [0.717, 1.165) is 0 Å². The van der Waals surface area contributed by atoms with Crippen molar-refractivity contribution >= 4 is 0 Å². The highest BCUT2D eigenvalue weighted by Gasteiger charge is 1.86. The number of ether oxygens (including phenoxy) is 1. The average molecular weight is 211 g/mol. The van der Waals surface area contributed by atoms with Gasteiger partial charge in [0.2, 0.25) is 0 Å². The van der Waals surface area contributed by atoms with Crippen molar-refractivity contribution in [2.24, 2.45) is 0 Å². The predicted molar refractivity (Wildman–Crippen MR) is 65.3 cm³/mol. The van der Waals surface area contributed by atoms with Gasteiger partial charge in [-0.05, 0) is 12.2 Å². The van der Waals surface area contributed by atoms with Crippen LogP contribution in [0.25, 0.3) is 0 Å². The van der Waals surface area contributed by atoms with Crippen LogP contribution in [0.15, 0.2) is 72.6 Å². The Morgan fingerprint density at radius 1 is 0.938 bits per heavy atom. The van der Waals surface area contributed by atoms with Gasteiger partial charge in [0.1, 0.15) is 18.9 Å². The molecule has 0 atom stereocenters. The van der Waals surface area contributed by atoms with Gasteiger partial charge in [-0.15, -0.1) is 0 Å². The van der Waals surface area contributed by atoms with Gasteiger partial charge < -0.3 is 4.74 Å². The van der Waals surface area contributed by atoms with Gasteiger partial charge in [0.05, 0.1) is 5.57 Å². The fraction of sp³-hybridized carbons (Fsp3) is 0.0714. The summed E-state index contributed by atoms with van der Waals surface area (Å²) in [5.41, 5.74) is 0.495. The Morgan fingerprint density at radius 3 is 2.25 bits per heavy atom. The molecule has 0 bridgehead atoms. The molecule has 0 aromatic heterocycles. The first-order valence-corrected chi connectivity index (χ1v) is 4.98. The highest BCUT2D eigenvalue weighted by atomic mass is 16.5. The highest BCUT2D eigenvalue weighted by molar-refractivity contribution is 5.33. The number of nitriles is 1. The molecule has 2 nitrogen and oxygen atoms in total. The number of hydrogen-bond donors (Lipinski definition) is 0. The molecule has 0 radical (unpaired) electrons. The third kappa shape index (κ3) is 5.46. The van der Waals surface area contributed by atoms with E-state index in [9.17, 15) is 0 Å². The van der Waals surface area contributed by atoms with Crippen LogP contribution in [0.2, 0.25) is 0 Å². The molecule has 0 aromatic rings. The summed E-state index contributed by atoms with van der Waals surface area (Å²) in [5.74, 6) is 0. The topological polar surface area (TPSA) is 33.0 Å². The molecule has 0 aliphatic carbocycles. The molecule has 16 heavy (non-hydrogen) atoms. The van der Waals surface area contributed by atoms with Crippen molar-refractivity contribution in [2.75, 3.05) is 6.61 Å². The van der Waals surface area contributed by atoms with Gasteiger partial charge in [-0.1, -0.05) is 48.6 Å². The van der Waals surface area contributed by atoms with Gasteiger partial charge in [0.15, 0.2) is 0 Å². The van der Waals surface area contributed by atoms with E-state index >= 15 is 0 Å². The maximum atomic E-state index is 8.78. The molecule has 2 heteroatoms. The predicted octanol–water partition coefficient (Wildman–Crippen LogP) is 3.21. The zero-order valence-electron chi connectivity index (χ0n) is 8.91. The van der Waals surface area contributed by atoms with Gasteiger partial charge in [0.25, 0.3) is 0 Å². The van der Waals surface area contributed by atoms with Gasteiger partial charge in [-0.2, -0.15) is 5.26 Å². The third-order valence-electron chi connectivity index (χ3n) is 1.72. The Labute approximate surface area is 95.8 Å². The van der Waals surface area contributed by atoms with Crippen molar-refractivity contribution in [1.82, 2.24) is 0 Å². The number of allylic oxidation sites excluding steroid dienone is 10. The lowest BCUT2D eigenvalue weighted by molar-refractivity contribution is 0.288. The number of nitrogens with zero attached hydrogens (tertiary/aromatic N) is 1. The van der Waals surface area contributed by atoms with Crippen molar-refractivity contribution in [3.8, 4) is 6.07 Å². The minimum atomic E-state index is 0.461. The van der Waals surface area contributed by atoms with Crippen LogP contribution in [-0.2, 0) is 4.74 Å². The molecule has 1 aliphatic heterocycles. The Kier molecular flexibility index (Phi) is 5.96. The standard InChI is InChI=1S/C14H13NO/c15-12-14-10-8-6-4-2-1-3-5-7-9-11-16-13-14/h1-10,13H,11H2/b2-1+,5-3+,6-4+,9-7-,10-8?,14-13?. The fourth-order valence-corrected chi connectivity index (χ4v) is 0.975. The van der Waals surface area contributed by atoms with E-state index in [0.29, 0.717) is 12.2 Å². The maximum Gasteiger partial charge on any atom is 0.106 e. The van der Waals surface area contributed by atoms with E-state index in [2.05, 4.69) is 0 Å². The SMILES string of the molecule is N#CC1=COC\C=C/C=C/C=C/C=C/C=C1. The Balaban J connectivity index is 2.75. The van der Waals surface area contributed by atoms with E-state index in [1.807, 2.05) is 54.7 Å². The molecule has 1 heterocycles. The second-order valence-electron chi connectivity index (χ2n) is 2.96. The number of hydrogen-bond acceptors (Lipinski definition) is 2. The molecule has 0 aromatic carbocycles. The van der Waals surface area contributed by atoms with E-state index in [1.54, 1.807) is 12.2 Å². The van der Waals surface area contributed by atoms with Crippen LogP contribution in [0, 0.1) is 11.3 Å². The Morgan fingerprint density at radius 2 is 1.56 bits per heavy atom. The zero-order chi connectivity index (χ0) is 11.5. The lowest BCUT2D eigenvalue weighted by atomic mass is 10.3. The molecule has 80 valence electrons. The summed E-state index contributed by atoms with van der Waals surface area (Å²) in [4.78, 5) is 0. The van der Waals surface area contributed by atoms with E-state index < -0.39 is 0 Å². The summed E-state index contributed by atoms with van der Waals surface area (Å²) in [5, 5.41) is 8.78.